The van der Waals surface area contributed by atoms with Crippen molar-refractivity contribution in [3.05, 3.63) is 35.4 Å². The molecular weight excluding hydrogens is 310 g/mol. The summed E-state index contributed by atoms with van der Waals surface area (Å²) in [6.07, 6.45) is 4.39. The van der Waals surface area contributed by atoms with Gasteiger partial charge in [0, 0.05) is 6.04 Å². The Morgan fingerprint density at radius 2 is 1.62 bits per heavy atom. The summed E-state index contributed by atoms with van der Waals surface area (Å²) in [4.78, 5) is 36.2. The van der Waals surface area contributed by atoms with Gasteiger partial charge in [0.2, 0.25) is 0 Å². The molecule has 1 aromatic carbocycles. The average Bonchev–Trinajstić information content (AvgIpc) is 2.61. The number of rotatable bonds is 5. The fraction of sp³-hybridized carbons (Fsp3) is 0.500. The molecule has 24 heavy (non-hydrogen) atoms. The van der Waals surface area contributed by atoms with Crippen molar-refractivity contribution in [2.45, 2.75) is 51.2 Å². The van der Waals surface area contributed by atoms with E-state index in [4.69, 9.17) is 4.74 Å². The minimum atomic E-state index is -0.926. The molecule has 0 bridgehead atoms. The van der Waals surface area contributed by atoms with Crippen LogP contribution in [-0.2, 0) is 14.3 Å². The van der Waals surface area contributed by atoms with Crippen molar-refractivity contribution < 1.29 is 23.9 Å². The van der Waals surface area contributed by atoms with Crippen molar-refractivity contribution in [2.24, 2.45) is 0 Å². The summed E-state index contributed by atoms with van der Waals surface area (Å²) in [5.41, 5.74) is 0.201. The van der Waals surface area contributed by atoms with Gasteiger partial charge in [0.25, 0.3) is 5.91 Å². The fourth-order valence-corrected chi connectivity index (χ4v) is 2.79. The van der Waals surface area contributed by atoms with Gasteiger partial charge in [-0.2, -0.15) is 0 Å². The average molecular weight is 333 g/mol. The zero-order valence-corrected chi connectivity index (χ0v) is 14.0. The number of carbonyl (C=O) groups is 3. The molecule has 1 N–H and O–H groups in total. The molecule has 1 fully saturated rings. The lowest BCUT2D eigenvalue weighted by molar-refractivity contribution is -0.130. The van der Waals surface area contributed by atoms with E-state index in [2.05, 4.69) is 10.1 Å². The van der Waals surface area contributed by atoms with Crippen LogP contribution in [0.3, 0.4) is 0 Å². The quantitative estimate of drug-likeness (QED) is 0.837. The van der Waals surface area contributed by atoms with E-state index in [1.165, 1.54) is 32.6 Å². The highest BCUT2D eigenvalue weighted by atomic mass is 16.5. The molecule has 1 unspecified atom stereocenters. The normalized spacial score (nSPS) is 16.1. The molecule has 130 valence electrons. The molecule has 1 atom stereocenters. The first kappa shape index (κ1) is 18.0. The zero-order valence-electron chi connectivity index (χ0n) is 14.0. The molecule has 0 spiro atoms. The van der Waals surface area contributed by atoms with Crippen LogP contribution in [-0.4, -0.2) is 37.1 Å². The van der Waals surface area contributed by atoms with Gasteiger partial charge in [0.05, 0.1) is 18.2 Å². The highest BCUT2D eigenvalue weighted by Gasteiger charge is 2.25. The largest absolute Gasteiger partial charge is 0.465 e. The second-order valence-electron chi connectivity index (χ2n) is 5.93. The van der Waals surface area contributed by atoms with E-state index in [0.717, 1.165) is 25.7 Å². The van der Waals surface area contributed by atoms with Crippen LogP contribution < -0.4 is 5.32 Å². The Morgan fingerprint density at radius 1 is 1.04 bits per heavy atom. The Morgan fingerprint density at radius 3 is 2.21 bits per heavy atom. The second kappa shape index (κ2) is 8.47. The summed E-state index contributed by atoms with van der Waals surface area (Å²) < 4.78 is 9.87. The maximum Gasteiger partial charge on any atom is 0.339 e. The van der Waals surface area contributed by atoms with E-state index in [0.29, 0.717) is 0 Å². The molecule has 6 nitrogen and oxygen atoms in total. The van der Waals surface area contributed by atoms with Gasteiger partial charge in [-0.25, -0.2) is 9.59 Å². The highest BCUT2D eigenvalue weighted by Crippen LogP contribution is 2.18. The van der Waals surface area contributed by atoms with Crippen molar-refractivity contribution in [3.8, 4) is 0 Å². The highest BCUT2D eigenvalue weighted by molar-refractivity contribution is 6.03. The van der Waals surface area contributed by atoms with Crippen molar-refractivity contribution in [1.82, 2.24) is 5.32 Å². The van der Waals surface area contributed by atoms with Gasteiger partial charge in [-0.05, 0) is 31.9 Å². The third-order valence-electron chi connectivity index (χ3n) is 4.16. The van der Waals surface area contributed by atoms with Crippen LogP contribution in [0.15, 0.2) is 24.3 Å². The van der Waals surface area contributed by atoms with Gasteiger partial charge in [0.15, 0.2) is 6.10 Å². The van der Waals surface area contributed by atoms with Crippen LogP contribution in [0, 0.1) is 0 Å². The van der Waals surface area contributed by atoms with Crippen molar-refractivity contribution in [2.75, 3.05) is 7.11 Å². The third kappa shape index (κ3) is 4.57. The van der Waals surface area contributed by atoms with Crippen LogP contribution in [0.25, 0.3) is 0 Å². The minimum Gasteiger partial charge on any atom is -0.465 e. The van der Waals surface area contributed by atoms with Crippen molar-refractivity contribution in [1.29, 1.82) is 0 Å². The van der Waals surface area contributed by atoms with Gasteiger partial charge in [-0.15, -0.1) is 0 Å². The number of carbonyl (C=O) groups excluding carboxylic acids is 3. The summed E-state index contributed by atoms with van der Waals surface area (Å²) in [5.74, 6) is -1.66. The SMILES string of the molecule is COC(=O)c1ccccc1C(=O)OC(C)C(=O)NC1CCCCC1. The standard InChI is InChI=1S/C18H23NO5/c1-12(16(20)19-13-8-4-3-5-9-13)24-18(22)15-11-7-6-10-14(15)17(21)23-2/h6-7,10-13H,3-5,8-9H2,1-2H3,(H,19,20). The van der Waals surface area contributed by atoms with E-state index in [9.17, 15) is 14.4 Å². The second-order valence-corrected chi connectivity index (χ2v) is 5.93. The number of esters is 2. The number of amides is 1. The first-order valence-corrected chi connectivity index (χ1v) is 8.21. The maximum absolute atomic E-state index is 12.3. The molecule has 0 saturated heterocycles. The number of nitrogens with one attached hydrogen (secondary N) is 1. The Kier molecular flexibility index (Phi) is 6.35. The molecule has 0 aliphatic heterocycles. The molecule has 1 aliphatic carbocycles. The molecule has 0 heterocycles. The lowest BCUT2D eigenvalue weighted by Crippen LogP contribution is -2.42. The van der Waals surface area contributed by atoms with E-state index >= 15 is 0 Å². The summed E-state index contributed by atoms with van der Waals surface area (Å²) in [6.45, 7) is 1.52. The zero-order chi connectivity index (χ0) is 17.5. The molecule has 0 radical (unpaired) electrons. The Hall–Kier alpha value is -2.37. The first-order chi connectivity index (χ1) is 11.5. The van der Waals surface area contributed by atoms with Gasteiger partial charge in [0.1, 0.15) is 0 Å². The van der Waals surface area contributed by atoms with E-state index in [-0.39, 0.29) is 23.1 Å². The lowest BCUT2D eigenvalue weighted by atomic mass is 9.95. The van der Waals surface area contributed by atoms with Gasteiger partial charge >= 0.3 is 11.9 Å². The summed E-state index contributed by atoms with van der Waals surface area (Å²) in [7, 11) is 1.24. The molecular formula is C18H23NO5. The molecule has 6 heteroatoms. The van der Waals surface area contributed by atoms with Crippen LogP contribution in [0.5, 0.6) is 0 Å². The molecule has 1 aromatic rings. The smallest absolute Gasteiger partial charge is 0.339 e. The molecule has 2 rings (SSSR count). The number of methoxy groups -OCH3 is 1. The van der Waals surface area contributed by atoms with Crippen LogP contribution >= 0.6 is 0 Å². The van der Waals surface area contributed by atoms with Crippen molar-refractivity contribution in [3.63, 3.8) is 0 Å². The van der Waals surface area contributed by atoms with E-state index in [1.807, 2.05) is 0 Å². The predicted octanol–water partition coefficient (Wildman–Crippen LogP) is 2.47. The lowest BCUT2D eigenvalue weighted by Gasteiger charge is -2.24. The summed E-state index contributed by atoms with van der Waals surface area (Å²) >= 11 is 0. The summed E-state index contributed by atoms with van der Waals surface area (Å²) in [5, 5.41) is 2.92. The Labute approximate surface area is 141 Å². The number of ether oxygens (including phenoxy) is 2. The molecule has 1 saturated carbocycles. The van der Waals surface area contributed by atoms with Crippen LogP contribution in [0.2, 0.25) is 0 Å². The number of hydrogen-bond donors (Lipinski definition) is 1. The van der Waals surface area contributed by atoms with Gasteiger partial charge in [-0.3, -0.25) is 4.79 Å². The number of benzene rings is 1. The minimum absolute atomic E-state index is 0.0849. The van der Waals surface area contributed by atoms with E-state index < -0.39 is 18.0 Å². The molecule has 0 aromatic heterocycles. The van der Waals surface area contributed by atoms with Crippen molar-refractivity contribution >= 4 is 17.8 Å². The van der Waals surface area contributed by atoms with Crippen LogP contribution in [0.1, 0.15) is 59.7 Å². The molecule has 1 amide bonds. The van der Waals surface area contributed by atoms with Gasteiger partial charge in [-0.1, -0.05) is 31.4 Å². The van der Waals surface area contributed by atoms with E-state index in [1.54, 1.807) is 12.1 Å². The fourth-order valence-electron chi connectivity index (χ4n) is 2.79. The topological polar surface area (TPSA) is 81.7 Å². The Bertz CT molecular complexity index is 607. The number of hydrogen-bond acceptors (Lipinski definition) is 5. The Balaban J connectivity index is 1.98. The monoisotopic (exact) mass is 333 g/mol. The third-order valence-corrected chi connectivity index (χ3v) is 4.16. The molecule has 1 aliphatic rings. The maximum atomic E-state index is 12.3. The van der Waals surface area contributed by atoms with Gasteiger partial charge < -0.3 is 14.8 Å². The first-order valence-electron chi connectivity index (χ1n) is 8.21. The van der Waals surface area contributed by atoms with Crippen LogP contribution in [0.4, 0.5) is 0 Å². The summed E-state index contributed by atoms with van der Waals surface area (Å²) in [6, 6.07) is 6.35. The predicted molar refractivity (Wildman–Crippen MR) is 87.7 cm³/mol.